The Kier molecular flexibility index (Phi) is 15.9. The van der Waals surface area contributed by atoms with E-state index < -0.39 is 29.1 Å². The number of aliphatic hydroxyl groups excluding tert-OH is 2. The van der Waals surface area contributed by atoms with Crippen molar-refractivity contribution >= 4 is 34.8 Å². The van der Waals surface area contributed by atoms with Crippen LogP contribution in [0.25, 0.3) is 0 Å². The largest absolute Gasteiger partial charge is 0.457 e. The molecule has 2 spiro atoms. The number of ether oxygens (including phenoxy) is 1. The van der Waals surface area contributed by atoms with Crippen LogP contribution in [-0.4, -0.2) is 58.0 Å². The molecule has 2 fully saturated rings. The third-order valence-electron chi connectivity index (χ3n) is 10.8. The van der Waals surface area contributed by atoms with Gasteiger partial charge in [-0.15, -0.1) is 0 Å². The van der Waals surface area contributed by atoms with Crippen molar-refractivity contribution < 1.29 is 34.1 Å². The van der Waals surface area contributed by atoms with E-state index in [1.165, 1.54) is 35.5 Å². The molecule has 6 rings (SSSR count). The maximum atomic E-state index is 13.0. The molecule has 2 unspecified atom stereocenters. The van der Waals surface area contributed by atoms with Crippen molar-refractivity contribution in [1.82, 2.24) is 0 Å². The van der Waals surface area contributed by atoms with E-state index >= 15 is 0 Å². The standard InChI is InChI=1S/C24H29NO3.C18H24O4.C6H7N/c1-17(2)8-7-9-18(3)14-21-24(15-20(26)12-13-22(24)27)16-23(28)25(21)19-10-5-4-6-11-19;1-12(2)5-4-6-13(3)9-16-18(11-17(21)22-16)10-14(19)7-8-15(18)20;7-6-4-2-1-3-5-6/h4-6,8,10-14,20-21,26H,7,9,15-16H2,1-3H3;5,7-9,14,16,19H,4,6,10-11H2,1-3H3;1-5H,7H2/b18-14+;13-9+;/t20-,21-,24?;14-,16-,18?;/m11./s1. The zero-order valence-corrected chi connectivity index (χ0v) is 34.3. The minimum absolute atomic E-state index is 0.0512. The van der Waals surface area contributed by atoms with E-state index in [1.807, 2.05) is 73.7 Å². The third kappa shape index (κ3) is 11.9. The van der Waals surface area contributed by atoms with E-state index in [0.717, 1.165) is 48.2 Å². The molecule has 1 amide bonds. The van der Waals surface area contributed by atoms with E-state index in [9.17, 15) is 29.4 Å². The highest BCUT2D eigenvalue weighted by atomic mass is 16.6. The molecule has 0 bridgehead atoms. The van der Waals surface area contributed by atoms with Gasteiger partial charge >= 0.3 is 5.97 Å². The SMILES string of the molecule is CC(C)=CCC/C(C)=C/[C@H]1N(c2ccccc2)C(=O)CC12C[C@H](O)C=CC2=O.CC(C)=CCC/C(C)=C/[C@H]1OC(=O)CC12C[C@H](O)C=CC2=O.Nc1ccccc1. The number of nitrogen functional groups attached to an aromatic ring is 1. The van der Waals surface area contributed by atoms with Crippen LogP contribution >= 0.6 is 0 Å². The van der Waals surface area contributed by atoms with Crippen molar-refractivity contribution in [3.05, 3.63) is 132 Å². The molecule has 4 aliphatic rings. The lowest BCUT2D eigenvalue weighted by molar-refractivity contribution is -0.140. The number of aliphatic hydroxyl groups is 2. The number of nitrogens with zero attached hydrogens (tertiary/aromatic N) is 1. The highest BCUT2D eigenvalue weighted by Gasteiger charge is 2.57. The van der Waals surface area contributed by atoms with Crippen molar-refractivity contribution in [3.8, 4) is 0 Å². The molecule has 57 heavy (non-hydrogen) atoms. The summed E-state index contributed by atoms with van der Waals surface area (Å²) in [6.07, 6.45) is 16.5. The predicted molar refractivity (Wildman–Crippen MR) is 227 cm³/mol. The van der Waals surface area contributed by atoms with Crippen LogP contribution in [0.1, 0.15) is 92.9 Å². The molecule has 0 aromatic heterocycles. The van der Waals surface area contributed by atoms with Crippen molar-refractivity contribution in [1.29, 1.82) is 0 Å². The van der Waals surface area contributed by atoms with Gasteiger partial charge < -0.3 is 25.6 Å². The summed E-state index contributed by atoms with van der Waals surface area (Å²) in [4.78, 5) is 51.8. The van der Waals surface area contributed by atoms with Crippen molar-refractivity contribution in [2.75, 3.05) is 10.6 Å². The molecule has 2 aromatic carbocycles. The van der Waals surface area contributed by atoms with Gasteiger partial charge in [-0.05, 0) is 123 Å². The molecule has 2 saturated heterocycles. The second kappa shape index (κ2) is 20.3. The normalized spacial score (nSPS) is 26.8. The van der Waals surface area contributed by atoms with Gasteiger partial charge in [0.2, 0.25) is 5.91 Å². The van der Waals surface area contributed by atoms with Crippen LogP contribution in [-0.2, 0) is 23.9 Å². The molecular formula is C48H60N2O7. The molecule has 2 aromatic rings. The highest BCUT2D eigenvalue weighted by Crippen LogP contribution is 2.48. The fourth-order valence-corrected chi connectivity index (χ4v) is 7.82. The number of amides is 1. The predicted octanol–water partition coefficient (Wildman–Crippen LogP) is 8.50. The second-order valence-corrected chi connectivity index (χ2v) is 16.2. The quantitative estimate of drug-likeness (QED) is 0.131. The van der Waals surface area contributed by atoms with E-state index in [-0.39, 0.29) is 55.2 Å². The Labute approximate surface area is 338 Å². The molecule has 2 heterocycles. The van der Waals surface area contributed by atoms with E-state index in [1.54, 1.807) is 4.90 Å². The summed E-state index contributed by atoms with van der Waals surface area (Å²) in [5.41, 5.74) is 9.93. The number of allylic oxidation sites excluding steroid dienone is 8. The monoisotopic (exact) mass is 776 g/mol. The number of carbonyl (C=O) groups excluding carboxylic acids is 4. The number of nitrogens with two attached hydrogens (primary N) is 1. The van der Waals surface area contributed by atoms with E-state index in [2.05, 4.69) is 52.8 Å². The fraction of sp³-hybridized carbons (Fsp3) is 0.417. The Hall–Kier alpha value is -5.12. The second-order valence-electron chi connectivity index (χ2n) is 16.2. The minimum Gasteiger partial charge on any atom is -0.457 e. The van der Waals surface area contributed by atoms with Gasteiger partial charge in [-0.25, -0.2) is 0 Å². The molecule has 0 saturated carbocycles. The van der Waals surface area contributed by atoms with Gasteiger partial charge in [-0.1, -0.05) is 89.1 Å². The van der Waals surface area contributed by atoms with Crippen molar-refractivity contribution in [2.24, 2.45) is 10.8 Å². The van der Waals surface area contributed by atoms with Gasteiger partial charge in [0.05, 0.1) is 35.5 Å². The summed E-state index contributed by atoms with van der Waals surface area (Å²) in [5.74, 6) is -0.625. The number of ketones is 2. The Morgan fingerprint density at radius 2 is 1.21 bits per heavy atom. The number of benzene rings is 2. The summed E-state index contributed by atoms with van der Waals surface area (Å²) in [7, 11) is 0. The molecule has 304 valence electrons. The van der Waals surface area contributed by atoms with Crippen LogP contribution in [0.15, 0.2) is 132 Å². The maximum Gasteiger partial charge on any atom is 0.307 e. The zero-order valence-electron chi connectivity index (χ0n) is 34.3. The first-order valence-electron chi connectivity index (χ1n) is 19.9. The Morgan fingerprint density at radius 1 is 0.719 bits per heavy atom. The van der Waals surface area contributed by atoms with Gasteiger partial charge in [-0.2, -0.15) is 0 Å². The van der Waals surface area contributed by atoms with Crippen LogP contribution in [0.5, 0.6) is 0 Å². The first-order valence-corrected chi connectivity index (χ1v) is 19.9. The van der Waals surface area contributed by atoms with Gasteiger partial charge in [0.25, 0.3) is 0 Å². The molecule has 2 aliphatic carbocycles. The Balaban J connectivity index is 0.000000220. The van der Waals surface area contributed by atoms with Crippen LogP contribution in [0, 0.1) is 10.8 Å². The lowest BCUT2D eigenvalue weighted by atomic mass is 9.69. The molecule has 9 nitrogen and oxygen atoms in total. The molecule has 9 heteroatoms. The topological polar surface area (TPSA) is 147 Å². The van der Waals surface area contributed by atoms with Crippen LogP contribution in [0.2, 0.25) is 0 Å². The van der Waals surface area contributed by atoms with Crippen LogP contribution < -0.4 is 10.6 Å². The third-order valence-corrected chi connectivity index (χ3v) is 10.8. The Bertz CT molecular complexity index is 1920. The molecule has 4 N–H and O–H groups in total. The maximum absolute atomic E-state index is 13.0. The lowest BCUT2D eigenvalue weighted by Crippen LogP contribution is -2.47. The summed E-state index contributed by atoms with van der Waals surface area (Å²) < 4.78 is 5.37. The summed E-state index contributed by atoms with van der Waals surface area (Å²) in [6, 6.07) is 18.6. The number of cyclic esters (lactones) is 1. The number of para-hydroxylation sites is 2. The number of rotatable bonds is 9. The van der Waals surface area contributed by atoms with Crippen molar-refractivity contribution in [2.45, 2.75) is 117 Å². The van der Waals surface area contributed by atoms with E-state index in [0.29, 0.717) is 0 Å². The number of hydrogen-bond donors (Lipinski definition) is 3. The van der Waals surface area contributed by atoms with E-state index in [4.69, 9.17) is 10.5 Å². The minimum atomic E-state index is -0.928. The Morgan fingerprint density at radius 3 is 1.72 bits per heavy atom. The lowest BCUT2D eigenvalue weighted by Gasteiger charge is -2.37. The average molecular weight is 777 g/mol. The number of esters is 1. The fourth-order valence-electron chi connectivity index (χ4n) is 7.82. The number of anilines is 2. The smallest absolute Gasteiger partial charge is 0.307 e. The zero-order chi connectivity index (χ0) is 41.8. The van der Waals surface area contributed by atoms with Gasteiger partial charge in [0.1, 0.15) is 6.10 Å². The number of hydrogen-bond acceptors (Lipinski definition) is 8. The highest BCUT2D eigenvalue weighted by molar-refractivity contribution is 6.08. The molecule has 2 aliphatic heterocycles. The molecule has 6 atom stereocenters. The summed E-state index contributed by atoms with van der Waals surface area (Å²) >= 11 is 0. The average Bonchev–Trinajstić information content (AvgIpc) is 3.60. The van der Waals surface area contributed by atoms with Crippen LogP contribution in [0.3, 0.4) is 0 Å². The van der Waals surface area contributed by atoms with Gasteiger partial charge in [-0.3, -0.25) is 19.2 Å². The summed E-state index contributed by atoms with van der Waals surface area (Å²) in [6.45, 7) is 12.3. The molecular weight excluding hydrogens is 717 g/mol. The summed E-state index contributed by atoms with van der Waals surface area (Å²) in [5, 5.41) is 20.1. The van der Waals surface area contributed by atoms with Crippen LogP contribution in [0.4, 0.5) is 11.4 Å². The molecule has 0 radical (unpaired) electrons. The van der Waals surface area contributed by atoms with Crippen molar-refractivity contribution in [3.63, 3.8) is 0 Å². The first-order chi connectivity index (χ1) is 27.1. The van der Waals surface area contributed by atoms with Gasteiger partial charge in [0, 0.05) is 17.8 Å². The van der Waals surface area contributed by atoms with Gasteiger partial charge in [0.15, 0.2) is 11.6 Å². The number of carbonyl (C=O) groups is 4. The first kappa shape index (κ1) is 44.6.